The molecule has 25 heavy (non-hydrogen) atoms. The Labute approximate surface area is 146 Å². The van der Waals surface area contributed by atoms with Gasteiger partial charge in [-0.15, -0.1) is 0 Å². The van der Waals surface area contributed by atoms with Gasteiger partial charge < -0.3 is 15.0 Å². The maximum Gasteiger partial charge on any atom is 0.260 e. The number of ether oxygens (including phenoxy) is 1. The maximum absolute atomic E-state index is 13.6. The Morgan fingerprint density at radius 3 is 3.04 bits per heavy atom. The van der Waals surface area contributed by atoms with Crippen molar-refractivity contribution in [1.82, 2.24) is 9.88 Å². The average molecular weight is 343 g/mol. The van der Waals surface area contributed by atoms with Crippen LogP contribution in [0.2, 0.25) is 0 Å². The predicted octanol–water partition coefficient (Wildman–Crippen LogP) is 3.05. The fraction of sp³-hybridized carbons (Fsp3) is 0.368. The van der Waals surface area contributed by atoms with Gasteiger partial charge in [-0.05, 0) is 42.7 Å². The van der Waals surface area contributed by atoms with E-state index in [0.29, 0.717) is 13.1 Å². The van der Waals surface area contributed by atoms with Gasteiger partial charge in [0.25, 0.3) is 5.91 Å². The molecule has 1 unspecified atom stereocenters. The number of para-hydroxylation sites is 1. The lowest BCUT2D eigenvalue weighted by molar-refractivity contribution is -0.134. The molecule has 1 amide bonds. The second kappa shape index (κ2) is 7.96. The lowest BCUT2D eigenvalue weighted by Crippen LogP contribution is -2.41. The van der Waals surface area contributed by atoms with Gasteiger partial charge in [-0.1, -0.05) is 12.1 Å². The molecule has 1 saturated heterocycles. The van der Waals surface area contributed by atoms with Gasteiger partial charge in [0, 0.05) is 32.3 Å². The summed E-state index contributed by atoms with van der Waals surface area (Å²) in [6.45, 7) is 1.21. The van der Waals surface area contributed by atoms with Gasteiger partial charge in [-0.25, -0.2) is 9.37 Å². The third-order valence-electron chi connectivity index (χ3n) is 4.47. The summed E-state index contributed by atoms with van der Waals surface area (Å²) in [7, 11) is 1.84. The fourth-order valence-electron chi connectivity index (χ4n) is 3.11. The van der Waals surface area contributed by atoms with Gasteiger partial charge in [0.15, 0.2) is 18.2 Å². The second-order valence-electron chi connectivity index (χ2n) is 6.12. The van der Waals surface area contributed by atoms with Crippen LogP contribution in [0.25, 0.3) is 0 Å². The highest BCUT2D eigenvalue weighted by molar-refractivity contribution is 5.78. The van der Waals surface area contributed by atoms with Gasteiger partial charge >= 0.3 is 0 Å². The summed E-state index contributed by atoms with van der Waals surface area (Å²) in [5.41, 5.74) is 1.17. The van der Waals surface area contributed by atoms with Crippen LogP contribution < -0.4 is 10.1 Å². The van der Waals surface area contributed by atoms with E-state index in [4.69, 9.17) is 4.74 Å². The van der Waals surface area contributed by atoms with Crippen molar-refractivity contribution in [2.24, 2.45) is 0 Å². The summed E-state index contributed by atoms with van der Waals surface area (Å²) in [4.78, 5) is 18.5. The summed E-state index contributed by atoms with van der Waals surface area (Å²) < 4.78 is 18.9. The fourth-order valence-corrected chi connectivity index (χ4v) is 3.11. The first-order valence-corrected chi connectivity index (χ1v) is 8.46. The molecule has 0 aliphatic carbocycles. The molecule has 1 aromatic heterocycles. The van der Waals surface area contributed by atoms with E-state index in [2.05, 4.69) is 10.3 Å². The third-order valence-corrected chi connectivity index (χ3v) is 4.47. The maximum atomic E-state index is 13.6. The van der Waals surface area contributed by atoms with Crippen molar-refractivity contribution in [2.45, 2.75) is 18.8 Å². The molecule has 0 saturated carbocycles. The minimum atomic E-state index is -0.455. The van der Waals surface area contributed by atoms with E-state index in [0.717, 1.165) is 18.7 Å². The lowest BCUT2D eigenvalue weighted by atomic mass is 9.91. The lowest BCUT2D eigenvalue weighted by Gasteiger charge is -2.33. The normalized spacial score (nSPS) is 17.2. The van der Waals surface area contributed by atoms with Gasteiger partial charge in [-0.3, -0.25) is 4.79 Å². The predicted molar refractivity (Wildman–Crippen MR) is 94.2 cm³/mol. The molecule has 2 heterocycles. The molecule has 6 heteroatoms. The summed E-state index contributed by atoms with van der Waals surface area (Å²) in [5, 5.41) is 3.04. The van der Waals surface area contributed by atoms with Crippen molar-refractivity contribution in [2.75, 3.05) is 32.1 Å². The summed E-state index contributed by atoms with van der Waals surface area (Å²) in [6.07, 6.45) is 3.75. The van der Waals surface area contributed by atoms with E-state index in [9.17, 15) is 9.18 Å². The SMILES string of the molecule is CNc1cc(C2CCCN(C(=O)COc3ccccc3F)C2)ccn1. The number of nitrogens with one attached hydrogen (secondary N) is 1. The summed E-state index contributed by atoms with van der Waals surface area (Å²) in [5.74, 6) is 0.640. The first-order valence-electron chi connectivity index (χ1n) is 8.46. The molecule has 0 radical (unpaired) electrons. The molecule has 1 aliphatic heterocycles. The van der Waals surface area contributed by atoms with Crippen LogP contribution in [-0.4, -0.2) is 42.5 Å². The van der Waals surface area contributed by atoms with Crippen molar-refractivity contribution in [3.8, 4) is 5.75 Å². The monoisotopic (exact) mass is 343 g/mol. The number of likely N-dealkylation sites (tertiary alicyclic amines) is 1. The van der Waals surface area contributed by atoms with Crippen molar-refractivity contribution in [3.63, 3.8) is 0 Å². The van der Waals surface area contributed by atoms with Gasteiger partial charge in [0.1, 0.15) is 5.82 Å². The number of anilines is 1. The average Bonchev–Trinajstić information content (AvgIpc) is 2.67. The molecule has 1 fully saturated rings. The first-order chi connectivity index (χ1) is 12.2. The number of halogens is 1. The van der Waals surface area contributed by atoms with Gasteiger partial charge in [0.2, 0.25) is 0 Å². The Kier molecular flexibility index (Phi) is 5.48. The molecular formula is C19H22FN3O2. The first kappa shape index (κ1) is 17.2. The number of nitrogens with zero attached hydrogens (tertiary/aromatic N) is 2. The Morgan fingerprint density at radius 1 is 1.40 bits per heavy atom. The number of benzene rings is 1. The standard InChI is InChI=1S/C19H22FN3O2/c1-21-18-11-14(8-9-22-18)15-5-4-10-23(12-15)19(24)13-25-17-7-3-2-6-16(17)20/h2-3,6-9,11,15H,4-5,10,12-13H2,1H3,(H,21,22). The second-order valence-corrected chi connectivity index (χ2v) is 6.12. The molecule has 0 bridgehead atoms. The van der Waals surface area contributed by atoms with Crippen LogP contribution in [-0.2, 0) is 4.79 Å². The molecule has 1 atom stereocenters. The number of piperidine rings is 1. The van der Waals surface area contributed by atoms with Gasteiger partial charge in [-0.2, -0.15) is 0 Å². The Bertz CT molecular complexity index is 738. The van der Waals surface area contributed by atoms with Crippen LogP contribution in [0.5, 0.6) is 5.75 Å². The van der Waals surface area contributed by atoms with Gasteiger partial charge in [0.05, 0.1) is 0 Å². The zero-order valence-electron chi connectivity index (χ0n) is 14.2. The van der Waals surface area contributed by atoms with Crippen LogP contribution in [0.4, 0.5) is 10.2 Å². The van der Waals surface area contributed by atoms with Crippen molar-refractivity contribution < 1.29 is 13.9 Å². The van der Waals surface area contributed by atoms with Crippen LogP contribution in [0.1, 0.15) is 24.3 Å². The summed E-state index contributed by atoms with van der Waals surface area (Å²) in [6, 6.07) is 10.1. The number of carbonyl (C=O) groups is 1. The molecule has 3 rings (SSSR count). The van der Waals surface area contributed by atoms with Crippen molar-refractivity contribution in [3.05, 3.63) is 54.0 Å². The Hall–Kier alpha value is -2.63. The topological polar surface area (TPSA) is 54.5 Å². The van der Waals surface area contributed by atoms with Crippen LogP contribution in [0.3, 0.4) is 0 Å². The largest absolute Gasteiger partial charge is 0.481 e. The molecule has 2 aromatic rings. The van der Waals surface area contributed by atoms with E-state index in [1.165, 1.54) is 17.7 Å². The number of pyridine rings is 1. The minimum Gasteiger partial charge on any atom is -0.481 e. The quantitative estimate of drug-likeness (QED) is 0.907. The smallest absolute Gasteiger partial charge is 0.260 e. The molecule has 1 aliphatic rings. The number of aromatic nitrogens is 1. The van der Waals surface area contributed by atoms with Crippen LogP contribution in [0.15, 0.2) is 42.6 Å². The molecule has 1 aromatic carbocycles. The summed E-state index contributed by atoms with van der Waals surface area (Å²) >= 11 is 0. The number of carbonyl (C=O) groups excluding carboxylic acids is 1. The van der Waals surface area contributed by atoms with E-state index in [1.807, 2.05) is 19.2 Å². The van der Waals surface area contributed by atoms with Crippen LogP contribution >= 0.6 is 0 Å². The van der Waals surface area contributed by atoms with E-state index in [-0.39, 0.29) is 24.2 Å². The highest BCUT2D eigenvalue weighted by Crippen LogP contribution is 2.28. The Morgan fingerprint density at radius 2 is 2.24 bits per heavy atom. The van der Waals surface area contributed by atoms with Crippen molar-refractivity contribution in [1.29, 1.82) is 0 Å². The highest BCUT2D eigenvalue weighted by Gasteiger charge is 2.25. The Balaban J connectivity index is 1.60. The molecule has 0 spiro atoms. The molecule has 1 N–H and O–H groups in total. The van der Waals surface area contributed by atoms with E-state index >= 15 is 0 Å². The van der Waals surface area contributed by atoms with Crippen LogP contribution in [0, 0.1) is 5.82 Å². The number of rotatable bonds is 5. The van der Waals surface area contributed by atoms with E-state index in [1.54, 1.807) is 23.2 Å². The highest BCUT2D eigenvalue weighted by atomic mass is 19.1. The zero-order chi connectivity index (χ0) is 17.6. The third kappa shape index (κ3) is 4.26. The zero-order valence-corrected chi connectivity index (χ0v) is 14.2. The minimum absolute atomic E-state index is 0.109. The molecule has 132 valence electrons. The van der Waals surface area contributed by atoms with E-state index < -0.39 is 5.82 Å². The molecular weight excluding hydrogens is 321 g/mol. The number of hydrogen-bond acceptors (Lipinski definition) is 4. The number of amides is 1. The van der Waals surface area contributed by atoms with Crippen molar-refractivity contribution >= 4 is 11.7 Å². The molecule has 5 nitrogen and oxygen atoms in total. The number of hydrogen-bond donors (Lipinski definition) is 1.